The van der Waals surface area contributed by atoms with Gasteiger partial charge in [-0.05, 0) is 13.8 Å². The molecule has 0 radical (unpaired) electrons. The molecule has 2 rings (SSSR count). The average molecular weight is 285 g/mol. The fraction of sp³-hybridized carbons (Fsp3) is 0.571. The van der Waals surface area contributed by atoms with Crippen molar-refractivity contribution >= 4 is 17.3 Å². The molecular formula is C14H21ClN2O2. The SMILES string of the molecule is CCOc1cc(N2CCNC[C@@H]2C)cc(OC)c1Cl. The Morgan fingerprint density at radius 1 is 1.42 bits per heavy atom. The predicted molar refractivity (Wildman–Crippen MR) is 78.9 cm³/mol. The largest absolute Gasteiger partial charge is 0.495 e. The first-order valence-electron chi connectivity index (χ1n) is 6.65. The van der Waals surface area contributed by atoms with E-state index < -0.39 is 0 Å². The third kappa shape index (κ3) is 3.07. The molecule has 0 spiro atoms. The maximum absolute atomic E-state index is 6.25. The summed E-state index contributed by atoms with van der Waals surface area (Å²) in [6, 6.07) is 4.41. The molecule has 1 saturated heterocycles. The van der Waals surface area contributed by atoms with E-state index in [0.29, 0.717) is 29.2 Å². The van der Waals surface area contributed by atoms with Crippen molar-refractivity contribution in [2.75, 3.05) is 38.3 Å². The first-order chi connectivity index (χ1) is 9.17. The van der Waals surface area contributed by atoms with Gasteiger partial charge in [-0.15, -0.1) is 0 Å². The molecule has 0 amide bonds. The molecule has 19 heavy (non-hydrogen) atoms. The number of piperazine rings is 1. The molecule has 0 bridgehead atoms. The second-order valence-corrected chi connectivity index (χ2v) is 5.02. The molecule has 4 nitrogen and oxygen atoms in total. The molecule has 1 heterocycles. The highest BCUT2D eigenvalue weighted by Crippen LogP contribution is 2.39. The van der Waals surface area contributed by atoms with Crippen LogP contribution in [0.5, 0.6) is 11.5 Å². The Balaban J connectivity index is 2.36. The quantitative estimate of drug-likeness (QED) is 0.921. The van der Waals surface area contributed by atoms with Gasteiger partial charge in [0.15, 0.2) is 0 Å². The summed E-state index contributed by atoms with van der Waals surface area (Å²) in [6.45, 7) is 7.67. The Labute approximate surface area is 119 Å². The number of ether oxygens (including phenoxy) is 2. The van der Waals surface area contributed by atoms with E-state index in [4.69, 9.17) is 21.1 Å². The summed E-state index contributed by atoms with van der Waals surface area (Å²) in [4.78, 5) is 2.35. The fourth-order valence-electron chi connectivity index (χ4n) is 2.36. The first-order valence-corrected chi connectivity index (χ1v) is 7.02. The van der Waals surface area contributed by atoms with Crippen molar-refractivity contribution in [1.29, 1.82) is 0 Å². The number of hydrogen-bond acceptors (Lipinski definition) is 4. The smallest absolute Gasteiger partial charge is 0.143 e. The number of methoxy groups -OCH3 is 1. The number of halogens is 1. The van der Waals surface area contributed by atoms with E-state index in [1.54, 1.807) is 7.11 Å². The van der Waals surface area contributed by atoms with E-state index in [-0.39, 0.29) is 0 Å². The summed E-state index contributed by atoms with van der Waals surface area (Å²) in [5.74, 6) is 1.34. The standard InChI is InChI=1S/C14H21ClN2O2/c1-4-19-13-8-11(7-12(18-3)14(13)15)17-6-5-16-9-10(17)2/h7-8,10,16H,4-6,9H2,1-3H3/t10-/m0/s1. The average Bonchev–Trinajstić information content (AvgIpc) is 2.42. The number of hydrogen-bond donors (Lipinski definition) is 1. The van der Waals surface area contributed by atoms with Gasteiger partial charge in [-0.3, -0.25) is 0 Å². The van der Waals surface area contributed by atoms with Crippen LogP contribution in [0.4, 0.5) is 5.69 Å². The van der Waals surface area contributed by atoms with Crippen LogP contribution in [-0.2, 0) is 0 Å². The van der Waals surface area contributed by atoms with Crippen LogP contribution in [0.15, 0.2) is 12.1 Å². The minimum atomic E-state index is 0.439. The zero-order valence-electron chi connectivity index (χ0n) is 11.7. The molecule has 0 aromatic heterocycles. The molecule has 5 heteroatoms. The number of nitrogens with zero attached hydrogens (tertiary/aromatic N) is 1. The number of nitrogens with one attached hydrogen (secondary N) is 1. The van der Waals surface area contributed by atoms with Crippen LogP contribution in [0.3, 0.4) is 0 Å². The van der Waals surface area contributed by atoms with Crippen LogP contribution in [0.2, 0.25) is 5.02 Å². The van der Waals surface area contributed by atoms with Gasteiger partial charge < -0.3 is 19.7 Å². The lowest BCUT2D eigenvalue weighted by Gasteiger charge is -2.36. The Bertz CT molecular complexity index is 440. The summed E-state index contributed by atoms with van der Waals surface area (Å²) in [7, 11) is 1.63. The van der Waals surface area contributed by atoms with Gasteiger partial charge in [0.1, 0.15) is 16.5 Å². The van der Waals surface area contributed by atoms with Gasteiger partial charge in [0, 0.05) is 43.5 Å². The van der Waals surface area contributed by atoms with Crippen molar-refractivity contribution in [1.82, 2.24) is 5.32 Å². The highest BCUT2D eigenvalue weighted by molar-refractivity contribution is 6.33. The lowest BCUT2D eigenvalue weighted by atomic mass is 10.1. The van der Waals surface area contributed by atoms with Gasteiger partial charge in [0.25, 0.3) is 0 Å². The maximum atomic E-state index is 6.25. The molecular weight excluding hydrogens is 264 g/mol. The van der Waals surface area contributed by atoms with E-state index in [9.17, 15) is 0 Å². The number of rotatable bonds is 4. The van der Waals surface area contributed by atoms with Gasteiger partial charge in [0.05, 0.1) is 13.7 Å². The molecule has 1 atom stereocenters. The van der Waals surface area contributed by atoms with E-state index in [1.807, 2.05) is 19.1 Å². The summed E-state index contributed by atoms with van der Waals surface area (Å²) in [6.07, 6.45) is 0. The molecule has 1 N–H and O–H groups in total. The monoisotopic (exact) mass is 284 g/mol. The van der Waals surface area contributed by atoms with E-state index in [0.717, 1.165) is 25.3 Å². The highest BCUT2D eigenvalue weighted by atomic mass is 35.5. The predicted octanol–water partition coefficient (Wildman–Crippen LogP) is 2.55. The third-order valence-corrected chi connectivity index (χ3v) is 3.72. The van der Waals surface area contributed by atoms with Crippen LogP contribution in [-0.4, -0.2) is 39.4 Å². The molecule has 0 saturated carbocycles. The number of anilines is 1. The van der Waals surface area contributed by atoms with Crippen LogP contribution >= 0.6 is 11.6 Å². The summed E-state index contributed by atoms with van der Waals surface area (Å²) in [5.41, 5.74) is 1.10. The van der Waals surface area contributed by atoms with Crippen LogP contribution in [0.1, 0.15) is 13.8 Å². The van der Waals surface area contributed by atoms with Crippen molar-refractivity contribution in [3.05, 3.63) is 17.2 Å². The number of benzene rings is 1. The molecule has 1 fully saturated rings. The summed E-state index contributed by atoms with van der Waals surface area (Å²) >= 11 is 6.25. The Hall–Kier alpha value is -1.13. The summed E-state index contributed by atoms with van der Waals surface area (Å²) in [5, 5.41) is 3.92. The molecule has 1 aliphatic rings. The maximum Gasteiger partial charge on any atom is 0.143 e. The second kappa shape index (κ2) is 6.35. The van der Waals surface area contributed by atoms with Crippen molar-refractivity contribution < 1.29 is 9.47 Å². The van der Waals surface area contributed by atoms with Gasteiger partial charge >= 0.3 is 0 Å². The zero-order valence-corrected chi connectivity index (χ0v) is 12.5. The van der Waals surface area contributed by atoms with Crippen LogP contribution in [0, 0.1) is 0 Å². The Morgan fingerprint density at radius 3 is 2.79 bits per heavy atom. The van der Waals surface area contributed by atoms with Gasteiger partial charge in [-0.1, -0.05) is 11.6 Å². The molecule has 0 unspecified atom stereocenters. The van der Waals surface area contributed by atoms with Crippen molar-refractivity contribution in [2.45, 2.75) is 19.9 Å². The molecule has 106 valence electrons. The highest BCUT2D eigenvalue weighted by Gasteiger charge is 2.21. The minimum absolute atomic E-state index is 0.439. The van der Waals surface area contributed by atoms with Crippen LogP contribution in [0.25, 0.3) is 0 Å². The zero-order chi connectivity index (χ0) is 13.8. The Kier molecular flexibility index (Phi) is 4.77. The van der Waals surface area contributed by atoms with E-state index in [2.05, 4.69) is 17.1 Å². The summed E-state index contributed by atoms with van der Waals surface area (Å²) < 4.78 is 10.9. The lowest BCUT2D eigenvalue weighted by Crippen LogP contribution is -2.49. The Morgan fingerprint density at radius 2 is 2.16 bits per heavy atom. The molecule has 0 aliphatic carbocycles. The van der Waals surface area contributed by atoms with Gasteiger partial charge in [0.2, 0.25) is 0 Å². The van der Waals surface area contributed by atoms with Crippen molar-refractivity contribution in [3.8, 4) is 11.5 Å². The molecule has 1 aromatic rings. The van der Waals surface area contributed by atoms with Crippen molar-refractivity contribution in [2.24, 2.45) is 0 Å². The lowest BCUT2D eigenvalue weighted by molar-refractivity contribution is 0.336. The van der Waals surface area contributed by atoms with Crippen molar-refractivity contribution in [3.63, 3.8) is 0 Å². The first kappa shape index (κ1) is 14.3. The second-order valence-electron chi connectivity index (χ2n) is 4.64. The van der Waals surface area contributed by atoms with Gasteiger partial charge in [-0.2, -0.15) is 0 Å². The normalized spacial score (nSPS) is 19.4. The van der Waals surface area contributed by atoms with Crippen LogP contribution < -0.4 is 19.7 Å². The van der Waals surface area contributed by atoms with E-state index >= 15 is 0 Å². The molecule has 1 aromatic carbocycles. The molecule has 1 aliphatic heterocycles. The third-order valence-electron chi connectivity index (χ3n) is 3.34. The topological polar surface area (TPSA) is 33.7 Å². The fourth-order valence-corrected chi connectivity index (χ4v) is 2.60. The minimum Gasteiger partial charge on any atom is -0.495 e. The van der Waals surface area contributed by atoms with E-state index in [1.165, 1.54) is 0 Å². The van der Waals surface area contributed by atoms with Gasteiger partial charge in [-0.25, -0.2) is 0 Å².